The Bertz CT molecular complexity index is 1560. The first-order valence-electron chi connectivity index (χ1n) is 12.7. The largest absolute Gasteiger partial charge is 0.367 e. The van der Waals surface area contributed by atoms with E-state index < -0.39 is 10.0 Å². The Morgan fingerprint density at radius 2 is 1.63 bits per heavy atom. The number of carbonyl (C=O) groups is 1. The molecule has 0 radical (unpaired) electrons. The van der Waals surface area contributed by atoms with Crippen molar-refractivity contribution in [3.8, 4) is 0 Å². The molecule has 0 fully saturated rings. The number of sulfonamides is 1. The van der Waals surface area contributed by atoms with E-state index in [-0.39, 0.29) is 10.8 Å². The number of nitrogens with zero attached hydrogens (tertiary/aromatic N) is 1. The van der Waals surface area contributed by atoms with Crippen LogP contribution in [0.4, 0.5) is 17.1 Å². The second-order valence-corrected chi connectivity index (χ2v) is 11.4. The van der Waals surface area contributed by atoms with Crippen molar-refractivity contribution in [2.45, 2.75) is 38.1 Å². The number of hydrogen-bond acceptors (Lipinski definition) is 4. The summed E-state index contributed by atoms with van der Waals surface area (Å²) in [6.07, 6.45) is 2.25. The molecular weight excluding hydrogens is 494 g/mol. The summed E-state index contributed by atoms with van der Waals surface area (Å²) in [5, 5.41) is 2.85. The third-order valence-corrected chi connectivity index (χ3v) is 8.23. The lowest BCUT2D eigenvalue weighted by Crippen LogP contribution is -2.28. The van der Waals surface area contributed by atoms with Crippen LogP contribution in [-0.4, -0.2) is 20.9 Å². The van der Waals surface area contributed by atoms with E-state index in [1.54, 1.807) is 18.2 Å². The summed E-state index contributed by atoms with van der Waals surface area (Å²) < 4.78 is 28.3. The number of rotatable bonds is 7. The number of fused-ring (bicyclic) bond motifs is 1. The van der Waals surface area contributed by atoms with Gasteiger partial charge < -0.3 is 10.2 Å². The van der Waals surface area contributed by atoms with Crippen molar-refractivity contribution in [1.82, 2.24) is 0 Å². The first-order chi connectivity index (χ1) is 18.3. The highest BCUT2D eigenvalue weighted by atomic mass is 32.2. The van der Waals surface area contributed by atoms with E-state index in [4.69, 9.17) is 0 Å². The van der Waals surface area contributed by atoms with Crippen molar-refractivity contribution in [1.29, 1.82) is 0 Å². The molecule has 4 aromatic rings. The standard InChI is InChI=1S/C31H31N3O3S/c1-22-9-18-29(23(2)20-22)33-38(36,37)28-16-14-27(15-17-28)32-31(35)26-12-10-24(11-13-26)21-34-19-5-7-25-6-3-4-8-30(25)34/h3-4,6,8-18,20,33H,5,7,19,21H2,1-2H3,(H,32,35). The highest BCUT2D eigenvalue weighted by Gasteiger charge is 2.18. The van der Waals surface area contributed by atoms with Gasteiger partial charge in [0.05, 0.1) is 10.6 Å². The average molecular weight is 526 g/mol. The van der Waals surface area contributed by atoms with Crippen molar-refractivity contribution in [2.24, 2.45) is 0 Å². The van der Waals surface area contributed by atoms with Gasteiger partial charge in [0.1, 0.15) is 0 Å². The Morgan fingerprint density at radius 1 is 0.895 bits per heavy atom. The summed E-state index contributed by atoms with van der Waals surface area (Å²) in [4.78, 5) is 15.3. The molecular formula is C31H31N3O3S. The van der Waals surface area contributed by atoms with Gasteiger partial charge in [-0.3, -0.25) is 9.52 Å². The Hall–Kier alpha value is -4.10. The third-order valence-electron chi connectivity index (χ3n) is 6.84. The van der Waals surface area contributed by atoms with Crippen LogP contribution in [0.2, 0.25) is 0 Å². The number of para-hydroxylation sites is 1. The van der Waals surface area contributed by atoms with Gasteiger partial charge in [0.15, 0.2) is 0 Å². The number of benzene rings is 4. The molecule has 0 bridgehead atoms. The minimum atomic E-state index is -3.75. The predicted octanol–water partition coefficient (Wildman–Crippen LogP) is 6.31. The van der Waals surface area contributed by atoms with Gasteiger partial charge in [0, 0.05) is 30.0 Å². The molecule has 1 aliphatic heterocycles. The van der Waals surface area contributed by atoms with Crippen molar-refractivity contribution in [3.05, 3.63) is 119 Å². The number of amides is 1. The second kappa shape index (κ2) is 10.7. The first kappa shape index (κ1) is 25.5. The molecule has 1 aliphatic rings. The molecule has 0 saturated carbocycles. The molecule has 4 aromatic carbocycles. The second-order valence-electron chi connectivity index (χ2n) is 9.75. The number of nitrogens with one attached hydrogen (secondary N) is 2. The zero-order valence-electron chi connectivity index (χ0n) is 21.6. The van der Waals surface area contributed by atoms with Gasteiger partial charge in [-0.1, -0.05) is 48.0 Å². The minimum absolute atomic E-state index is 0.124. The molecule has 0 atom stereocenters. The lowest BCUT2D eigenvalue weighted by Gasteiger charge is -2.31. The normalized spacial score (nSPS) is 13.1. The van der Waals surface area contributed by atoms with Crippen LogP contribution in [0.3, 0.4) is 0 Å². The number of aryl methyl sites for hydroxylation is 3. The molecule has 0 spiro atoms. The molecule has 1 amide bonds. The zero-order chi connectivity index (χ0) is 26.7. The summed E-state index contributed by atoms with van der Waals surface area (Å²) in [5.74, 6) is -0.246. The van der Waals surface area contributed by atoms with Crippen molar-refractivity contribution >= 4 is 33.0 Å². The van der Waals surface area contributed by atoms with E-state index in [1.165, 1.54) is 23.4 Å². The minimum Gasteiger partial charge on any atom is -0.367 e. The highest BCUT2D eigenvalue weighted by molar-refractivity contribution is 7.92. The van der Waals surface area contributed by atoms with Gasteiger partial charge in [-0.2, -0.15) is 0 Å². The van der Waals surface area contributed by atoms with E-state index in [0.717, 1.165) is 42.6 Å². The molecule has 5 rings (SSSR count). The Kier molecular flexibility index (Phi) is 7.20. The molecule has 0 aromatic heterocycles. The molecule has 2 N–H and O–H groups in total. The topological polar surface area (TPSA) is 78.5 Å². The van der Waals surface area contributed by atoms with Crippen molar-refractivity contribution in [2.75, 3.05) is 21.5 Å². The van der Waals surface area contributed by atoms with Crippen LogP contribution in [0.1, 0.15) is 39.0 Å². The lowest BCUT2D eigenvalue weighted by molar-refractivity contribution is 0.102. The molecule has 1 heterocycles. The smallest absolute Gasteiger partial charge is 0.261 e. The zero-order valence-corrected chi connectivity index (χ0v) is 22.4. The molecule has 6 nitrogen and oxygen atoms in total. The van der Waals surface area contributed by atoms with E-state index in [0.29, 0.717) is 16.9 Å². The van der Waals surface area contributed by atoms with Crippen LogP contribution >= 0.6 is 0 Å². The Morgan fingerprint density at radius 3 is 2.37 bits per heavy atom. The van der Waals surface area contributed by atoms with E-state index >= 15 is 0 Å². The van der Waals surface area contributed by atoms with Crippen LogP contribution in [0.5, 0.6) is 0 Å². The van der Waals surface area contributed by atoms with Crippen LogP contribution in [0, 0.1) is 13.8 Å². The fourth-order valence-corrected chi connectivity index (χ4v) is 5.94. The lowest BCUT2D eigenvalue weighted by atomic mass is 10.0. The van der Waals surface area contributed by atoms with Gasteiger partial charge >= 0.3 is 0 Å². The van der Waals surface area contributed by atoms with Crippen LogP contribution in [-0.2, 0) is 23.0 Å². The van der Waals surface area contributed by atoms with Gasteiger partial charge in [0.25, 0.3) is 15.9 Å². The van der Waals surface area contributed by atoms with Crippen LogP contribution < -0.4 is 14.9 Å². The molecule has 0 saturated heterocycles. The monoisotopic (exact) mass is 525 g/mol. The van der Waals surface area contributed by atoms with E-state index in [2.05, 4.69) is 39.2 Å². The van der Waals surface area contributed by atoms with E-state index in [9.17, 15) is 13.2 Å². The van der Waals surface area contributed by atoms with Gasteiger partial charge in [-0.05, 0) is 91.9 Å². The fraction of sp³-hybridized carbons (Fsp3) is 0.194. The summed E-state index contributed by atoms with van der Waals surface area (Å²) in [5.41, 5.74) is 7.34. The predicted molar refractivity (Wildman–Crippen MR) is 153 cm³/mol. The van der Waals surface area contributed by atoms with E-state index in [1.807, 2.05) is 50.2 Å². The Labute approximate surface area is 224 Å². The number of carbonyl (C=O) groups excluding carboxylic acids is 1. The average Bonchev–Trinajstić information content (AvgIpc) is 2.91. The van der Waals surface area contributed by atoms with Gasteiger partial charge in [-0.15, -0.1) is 0 Å². The molecule has 38 heavy (non-hydrogen) atoms. The first-order valence-corrected chi connectivity index (χ1v) is 14.2. The van der Waals surface area contributed by atoms with Crippen LogP contribution in [0.15, 0.2) is 95.9 Å². The van der Waals surface area contributed by atoms with Gasteiger partial charge in [0.2, 0.25) is 0 Å². The summed E-state index contributed by atoms with van der Waals surface area (Å²) in [6.45, 7) is 5.64. The molecule has 0 aliphatic carbocycles. The van der Waals surface area contributed by atoms with Gasteiger partial charge in [-0.25, -0.2) is 8.42 Å². The summed E-state index contributed by atoms with van der Waals surface area (Å²) in [7, 11) is -3.75. The SMILES string of the molecule is Cc1ccc(NS(=O)(=O)c2ccc(NC(=O)c3ccc(CN4CCCc5ccccc54)cc3)cc2)c(C)c1. The quantitative estimate of drug-likeness (QED) is 0.296. The van der Waals surface area contributed by atoms with Crippen molar-refractivity contribution < 1.29 is 13.2 Å². The summed E-state index contributed by atoms with van der Waals surface area (Å²) in [6, 6.07) is 27.9. The van der Waals surface area contributed by atoms with Crippen LogP contribution in [0.25, 0.3) is 0 Å². The third kappa shape index (κ3) is 5.73. The number of anilines is 3. The maximum Gasteiger partial charge on any atom is 0.261 e. The highest BCUT2D eigenvalue weighted by Crippen LogP contribution is 2.28. The molecule has 7 heteroatoms. The Balaban J connectivity index is 1.21. The molecule has 0 unspecified atom stereocenters. The maximum atomic E-state index is 12.8. The molecule has 194 valence electrons. The maximum absolute atomic E-state index is 12.8. The number of hydrogen-bond donors (Lipinski definition) is 2. The fourth-order valence-electron chi connectivity index (χ4n) is 4.81. The summed E-state index contributed by atoms with van der Waals surface area (Å²) >= 11 is 0. The van der Waals surface area contributed by atoms with Crippen molar-refractivity contribution in [3.63, 3.8) is 0 Å².